The van der Waals surface area contributed by atoms with Crippen molar-refractivity contribution in [3.63, 3.8) is 0 Å². The number of aliphatic imine (C=N–C) groups is 1. The minimum Gasteiger partial charge on any atom is -0.357 e. The summed E-state index contributed by atoms with van der Waals surface area (Å²) in [6, 6.07) is 8.92. The van der Waals surface area contributed by atoms with Gasteiger partial charge in [-0.15, -0.1) is 24.0 Å². The second-order valence-corrected chi connectivity index (χ2v) is 7.92. The second-order valence-electron chi connectivity index (χ2n) is 7.92. The van der Waals surface area contributed by atoms with Gasteiger partial charge in [-0.1, -0.05) is 12.1 Å². The van der Waals surface area contributed by atoms with Gasteiger partial charge < -0.3 is 20.4 Å². The lowest BCUT2D eigenvalue weighted by Crippen LogP contribution is -2.49. The van der Waals surface area contributed by atoms with Crippen LogP contribution in [0.3, 0.4) is 0 Å². The van der Waals surface area contributed by atoms with E-state index in [-0.39, 0.29) is 29.9 Å². The first kappa shape index (κ1) is 26.7. The van der Waals surface area contributed by atoms with Crippen LogP contribution in [0.2, 0.25) is 0 Å². The zero-order chi connectivity index (χ0) is 21.2. The van der Waals surface area contributed by atoms with Crippen LogP contribution in [0.15, 0.2) is 29.3 Å². The Morgan fingerprint density at radius 2 is 1.73 bits per heavy atom. The molecule has 6 nitrogen and oxygen atoms in total. The molecule has 0 saturated carbocycles. The fourth-order valence-electron chi connectivity index (χ4n) is 3.69. The fraction of sp³-hybridized carbons (Fsp3) is 0.652. The number of likely N-dealkylation sites (tertiary alicyclic amines) is 1. The molecule has 0 bridgehead atoms. The van der Waals surface area contributed by atoms with Gasteiger partial charge in [0.2, 0.25) is 0 Å². The summed E-state index contributed by atoms with van der Waals surface area (Å²) in [6.45, 7) is 15.8. The summed E-state index contributed by atoms with van der Waals surface area (Å²) in [6.07, 6.45) is 2.29. The Balaban J connectivity index is 0.00000450. The van der Waals surface area contributed by atoms with Crippen molar-refractivity contribution in [2.45, 2.75) is 66.1 Å². The molecule has 0 aromatic heterocycles. The third kappa shape index (κ3) is 8.06. The van der Waals surface area contributed by atoms with Crippen LogP contribution in [0, 0.1) is 0 Å². The summed E-state index contributed by atoms with van der Waals surface area (Å²) in [5.74, 6) is 0.964. The number of carbonyl (C=O) groups excluding carboxylic acids is 1. The molecule has 2 N–H and O–H groups in total. The molecule has 1 fully saturated rings. The summed E-state index contributed by atoms with van der Waals surface area (Å²) in [5.41, 5.74) is 1.84. The molecule has 1 aliphatic heterocycles. The Bertz CT molecular complexity index is 650. The number of halogens is 1. The van der Waals surface area contributed by atoms with Crippen molar-refractivity contribution < 1.29 is 4.79 Å². The summed E-state index contributed by atoms with van der Waals surface area (Å²) >= 11 is 0. The molecule has 0 radical (unpaired) electrons. The summed E-state index contributed by atoms with van der Waals surface area (Å²) < 4.78 is 0. The molecule has 1 heterocycles. The average molecular weight is 530 g/mol. The van der Waals surface area contributed by atoms with Gasteiger partial charge in [-0.2, -0.15) is 0 Å². The Morgan fingerprint density at radius 3 is 2.23 bits per heavy atom. The van der Waals surface area contributed by atoms with E-state index in [0.717, 1.165) is 62.7 Å². The van der Waals surface area contributed by atoms with Crippen molar-refractivity contribution in [1.82, 2.24) is 20.4 Å². The number of hydrogen-bond acceptors (Lipinski definition) is 3. The van der Waals surface area contributed by atoms with E-state index in [1.807, 2.05) is 43.0 Å². The maximum absolute atomic E-state index is 12.4. The zero-order valence-corrected chi connectivity index (χ0v) is 21.6. The van der Waals surface area contributed by atoms with E-state index in [2.05, 4.69) is 36.3 Å². The molecule has 170 valence electrons. The molecular formula is C23H40IN5O. The van der Waals surface area contributed by atoms with Crippen molar-refractivity contribution >= 4 is 35.8 Å². The minimum atomic E-state index is 0. The molecule has 1 amide bonds. The fourth-order valence-corrected chi connectivity index (χ4v) is 3.69. The van der Waals surface area contributed by atoms with Crippen LogP contribution in [0.25, 0.3) is 0 Å². The van der Waals surface area contributed by atoms with Gasteiger partial charge in [0.25, 0.3) is 5.91 Å². The topological polar surface area (TPSA) is 60.0 Å². The number of guanidine groups is 1. The van der Waals surface area contributed by atoms with Crippen LogP contribution >= 0.6 is 24.0 Å². The SMILES string of the molecule is CCNC(=NCc1ccc(C(=O)N(CC)CC)cc1)NC1CCN(C(C)C)CC1.I. The first-order chi connectivity index (χ1) is 14.0. The molecule has 0 spiro atoms. The van der Waals surface area contributed by atoms with Crippen LogP contribution in [-0.2, 0) is 6.54 Å². The number of nitrogens with zero attached hydrogens (tertiary/aromatic N) is 3. The molecule has 30 heavy (non-hydrogen) atoms. The molecule has 1 aromatic carbocycles. The predicted molar refractivity (Wildman–Crippen MR) is 137 cm³/mol. The molecule has 1 aliphatic rings. The lowest BCUT2D eigenvalue weighted by Gasteiger charge is -2.35. The Labute approximate surface area is 199 Å². The number of rotatable bonds is 8. The molecule has 7 heteroatoms. The summed E-state index contributed by atoms with van der Waals surface area (Å²) in [7, 11) is 0. The quantitative estimate of drug-likeness (QED) is 0.306. The van der Waals surface area contributed by atoms with Crippen molar-refractivity contribution in [1.29, 1.82) is 0 Å². The number of piperidine rings is 1. The zero-order valence-electron chi connectivity index (χ0n) is 19.3. The van der Waals surface area contributed by atoms with Crippen LogP contribution in [0.4, 0.5) is 0 Å². The lowest BCUT2D eigenvalue weighted by molar-refractivity contribution is 0.0773. The third-order valence-corrected chi connectivity index (χ3v) is 5.62. The molecule has 1 saturated heterocycles. The van der Waals surface area contributed by atoms with Crippen molar-refractivity contribution in [3.8, 4) is 0 Å². The maximum atomic E-state index is 12.4. The van der Waals surface area contributed by atoms with Gasteiger partial charge in [0, 0.05) is 50.4 Å². The molecule has 0 atom stereocenters. The van der Waals surface area contributed by atoms with E-state index in [1.165, 1.54) is 0 Å². The Morgan fingerprint density at radius 1 is 1.13 bits per heavy atom. The standard InChI is InChI=1S/C23H39N5O.HI/c1-6-24-23(26-21-13-15-28(16-14-21)18(4)5)25-17-19-9-11-20(12-10-19)22(29)27(7-2)8-3;/h9-12,18,21H,6-8,13-17H2,1-5H3,(H2,24,25,26);1H. The molecular weight excluding hydrogens is 489 g/mol. The highest BCUT2D eigenvalue weighted by Crippen LogP contribution is 2.13. The van der Waals surface area contributed by atoms with Gasteiger partial charge in [0.05, 0.1) is 6.54 Å². The molecule has 0 unspecified atom stereocenters. The van der Waals surface area contributed by atoms with Crippen molar-refractivity contribution in [2.75, 3.05) is 32.7 Å². The van der Waals surface area contributed by atoms with Crippen LogP contribution in [-0.4, -0.2) is 66.5 Å². The van der Waals surface area contributed by atoms with Crippen LogP contribution < -0.4 is 10.6 Å². The van der Waals surface area contributed by atoms with E-state index in [1.54, 1.807) is 0 Å². The number of hydrogen-bond donors (Lipinski definition) is 2. The van der Waals surface area contributed by atoms with E-state index in [0.29, 0.717) is 18.6 Å². The van der Waals surface area contributed by atoms with Crippen molar-refractivity contribution in [3.05, 3.63) is 35.4 Å². The monoisotopic (exact) mass is 529 g/mol. The van der Waals surface area contributed by atoms with Gasteiger partial charge in [0.15, 0.2) is 5.96 Å². The van der Waals surface area contributed by atoms with Gasteiger partial charge in [0.1, 0.15) is 0 Å². The van der Waals surface area contributed by atoms with Crippen LogP contribution in [0.5, 0.6) is 0 Å². The third-order valence-electron chi connectivity index (χ3n) is 5.62. The van der Waals surface area contributed by atoms with Gasteiger partial charge in [-0.05, 0) is 65.2 Å². The summed E-state index contributed by atoms with van der Waals surface area (Å²) in [4.78, 5) is 21.6. The minimum absolute atomic E-state index is 0. The highest BCUT2D eigenvalue weighted by molar-refractivity contribution is 14.0. The molecule has 0 aliphatic carbocycles. The van der Waals surface area contributed by atoms with E-state index < -0.39 is 0 Å². The maximum Gasteiger partial charge on any atom is 0.253 e. The molecule has 1 aromatic rings. The van der Waals surface area contributed by atoms with Crippen molar-refractivity contribution in [2.24, 2.45) is 4.99 Å². The van der Waals surface area contributed by atoms with E-state index >= 15 is 0 Å². The number of benzene rings is 1. The largest absolute Gasteiger partial charge is 0.357 e. The predicted octanol–water partition coefficient (Wildman–Crippen LogP) is 3.71. The lowest BCUT2D eigenvalue weighted by atomic mass is 10.0. The molecule has 2 rings (SSSR count). The van der Waals surface area contributed by atoms with Gasteiger partial charge in [-0.25, -0.2) is 4.99 Å². The number of carbonyl (C=O) groups is 1. The van der Waals surface area contributed by atoms with E-state index in [4.69, 9.17) is 4.99 Å². The summed E-state index contributed by atoms with van der Waals surface area (Å²) in [5, 5.41) is 6.96. The Kier molecular flexibility index (Phi) is 12.3. The first-order valence-electron chi connectivity index (χ1n) is 11.2. The smallest absolute Gasteiger partial charge is 0.253 e. The highest BCUT2D eigenvalue weighted by atomic mass is 127. The van der Waals surface area contributed by atoms with E-state index in [9.17, 15) is 4.79 Å². The first-order valence-corrected chi connectivity index (χ1v) is 11.2. The number of nitrogens with one attached hydrogen (secondary N) is 2. The van der Waals surface area contributed by atoms with Gasteiger partial charge >= 0.3 is 0 Å². The Hall–Kier alpha value is -1.35. The second kappa shape index (κ2) is 13.9. The number of amides is 1. The highest BCUT2D eigenvalue weighted by Gasteiger charge is 2.21. The normalized spacial score (nSPS) is 15.6. The average Bonchev–Trinajstić information content (AvgIpc) is 2.73. The van der Waals surface area contributed by atoms with Gasteiger partial charge in [-0.3, -0.25) is 4.79 Å². The van der Waals surface area contributed by atoms with Crippen LogP contribution in [0.1, 0.15) is 63.4 Å².